The monoisotopic (exact) mass is 392 g/mol. The van der Waals surface area contributed by atoms with Gasteiger partial charge in [0.25, 0.3) is 0 Å². The summed E-state index contributed by atoms with van der Waals surface area (Å²) >= 11 is 5.01. The highest BCUT2D eigenvalue weighted by Gasteiger charge is 2.24. The number of amides is 1. The Morgan fingerprint density at radius 1 is 1.43 bits per heavy atom. The molecular formula is C15H22BrClN2OS. The van der Waals surface area contributed by atoms with Crippen LogP contribution in [0, 0.1) is 5.92 Å². The van der Waals surface area contributed by atoms with E-state index in [4.69, 9.17) is 0 Å². The fraction of sp³-hybridized carbons (Fsp3) is 0.533. The van der Waals surface area contributed by atoms with Gasteiger partial charge in [0.05, 0.1) is 5.25 Å². The maximum absolute atomic E-state index is 12.3. The number of hydrogen-bond donors (Lipinski definition) is 2. The first kappa shape index (κ1) is 18.8. The third-order valence-corrected chi connectivity index (χ3v) is 5.29. The summed E-state index contributed by atoms with van der Waals surface area (Å²) in [4.78, 5) is 13.4. The zero-order valence-corrected chi connectivity index (χ0v) is 15.5. The Bertz CT molecular complexity index is 457. The van der Waals surface area contributed by atoms with Gasteiger partial charge in [0.2, 0.25) is 5.91 Å². The van der Waals surface area contributed by atoms with E-state index in [1.54, 1.807) is 11.8 Å². The Kier molecular flexibility index (Phi) is 8.09. The van der Waals surface area contributed by atoms with E-state index in [1.807, 2.05) is 31.2 Å². The Balaban J connectivity index is 0.00000220. The summed E-state index contributed by atoms with van der Waals surface area (Å²) < 4.78 is 1.06. The lowest BCUT2D eigenvalue weighted by Crippen LogP contribution is -2.51. The van der Waals surface area contributed by atoms with Crippen molar-refractivity contribution in [3.63, 3.8) is 0 Å². The molecule has 6 heteroatoms. The molecule has 1 aromatic rings. The van der Waals surface area contributed by atoms with Gasteiger partial charge in [-0.05, 0) is 50.1 Å². The normalized spacial score (nSPS) is 23.0. The Labute approximate surface area is 145 Å². The molecule has 0 aromatic heterocycles. The quantitative estimate of drug-likeness (QED) is 0.770. The third kappa shape index (κ3) is 5.81. The number of carbonyl (C=O) groups excluding carboxylic acids is 1. The highest BCUT2D eigenvalue weighted by Crippen LogP contribution is 2.25. The van der Waals surface area contributed by atoms with Gasteiger partial charge in [0.15, 0.2) is 0 Å². The predicted molar refractivity (Wildman–Crippen MR) is 95.3 cm³/mol. The van der Waals surface area contributed by atoms with Crippen LogP contribution in [-0.2, 0) is 4.79 Å². The Hall–Kier alpha value is -0.230. The van der Waals surface area contributed by atoms with Crippen LogP contribution in [0.25, 0.3) is 0 Å². The van der Waals surface area contributed by atoms with Crippen molar-refractivity contribution < 1.29 is 4.79 Å². The second kappa shape index (κ2) is 9.03. The highest BCUT2D eigenvalue weighted by molar-refractivity contribution is 9.10. The second-order valence-electron chi connectivity index (χ2n) is 5.30. The van der Waals surface area contributed by atoms with Crippen molar-refractivity contribution in [3.8, 4) is 0 Å². The molecule has 1 saturated heterocycles. The lowest BCUT2D eigenvalue weighted by Gasteiger charge is -2.31. The number of carbonyl (C=O) groups is 1. The molecule has 1 amide bonds. The summed E-state index contributed by atoms with van der Waals surface area (Å²) in [6.07, 6.45) is 1.12. The van der Waals surface area contributed by atoms with Gasteiger partial charge in [-0.2, -0.15) is 0 Å². The molecule has 1 heterocycles. The zero-order chi connectivity index (χ0) is 14.5. The molecule has 1 fully saturated rings. The van der Waals surface area contributed by atoms with E-state index in [0.29, 0.717) is 5.92 Å². The van der Waals surface area contributed by atoms with Crippen LogP contribution in [0.5, 0.6) is 0 Å². The number of halogens is 2. The van der Waals surface area contributed by atoms with Crippen molar-refractivity contribution in [1.29, 1.82) is 0 Å². The lowest BCUT2D eigenvalue weighted by molar-refractivity contribution is -0.121. The van der Waals surface area contributed by atoms with Crippen LogP contribution in [-0.4, -0.2) is 30.3 Å². The van der Waals surface area contributed by atoms with Crippen molar-refractivity contribution in [3.05, 3.63) is 28.7 Å². The molecule has 2 rings (SSSR count). The molecule has 21 heavy (non-hydrogen) atoms. The van der Waals surface area contributed by atoms with Crippen LogP contribution in [0.4, 0.5) is 0 Å². The highest BCUT2D eigenvalue weighted by atomic mass is 79.9. The largest absolute Gasteiger partial charge is 0.351 e. The number of hydrogen-bond acceptors (Lipinski definition) is 3. The molecule has 0 spiro atoms. The molecule has 1 aliphatic heterocycles. The SMILES string of the molecule is CC(Sc1ccc(Br)cc1)C(=O)NC1CNCCC1C.Cl. The molecule has 3 atom stereocenters. The zero-order valence-electron chi connectivity index (χ0n) is 12.3. The number of benzene rings is 1. The van der Waals surface area contributed by atoms with E-state index in [0.717, 1.165) is 28.9 Å². The van der Waals surface area contributed by atoms with Gasteiger partial charge in [0.1, 0.15) is 0 Å². The molecule has 0 aliphatic carbocycles. The van der Waals surface area contributed by atoms with Crippen LogP contribution in [0.3, 0.4) is 0 Å². The first-order valence-electron chi connectivity index (χ1n) is 6.99. The molecule has 1 aliphatic rings. The molecule has 3 nitrogen and oxygen atoms in total. The van der Waals surface area contributed by atoms with Crippen LogP contribution >= 0.6 is 40.1 Å². The van der Waals surface area contributed by atoms with Gasteiger partial charge < -0.3 is 10.6 Å². The number of nitrogens with one attached hydrogen (secondary N) is 2. The average molecular weight is 394 g/mol. The summed E-state index contributed by atoms with van der Waals surface area (Å²) in [5.74, 6) is 0.670. The predicted octanol–water partition coefficient (Wildman–Crippen LogP) is 3.47. The van der Waals surface area contributed by atoms with Gasteiger partial charge in [-0.25, -0.2) is 0 Å². The minimum absolute atomic E-state index is 0. The summed E-state index contributed by atoms with van der Waals surface area (Å²) in [6.45, 7) is 6.10. The van der Waals surface area contributed by atoms with Crippen LogP contribution in [0.2, 0.25) is 0 Å². The molecule has 0 bridgehead atoms. The van der Waals surface area contributed by atoms with Crippen molar-refractivity contribution in [2.75, 3.05) is 13.1 Å². The molecule has 0 radical (unpaired) electrons. The summed E-state index contributed by atoms with van der Waals surface area (Å²) in [5, 5.41) is 6.43. The molecule has 118 valence electrons. The molecule has 0 saturated carbocycles. The van der Waals surface area contributed by atoms with E-state index < -0.39 is 0 Å². The number of rotatable bonds is 4. The molecule has 3 unspecified atom stereocenters. The summed E-state index contributed by atoms with van der Waals surface area (Å²) in [7, 11) is 0. The smallest absolute Gasteiger partial charge is 0.233 e. The fourth-order valence-corrected chi connectivity index (χ4v) is 3.39. The standard InChI is InChI=1S/C15H21BrN2OS.ClH/c1-10-7-8-17-9-14(10)18-15(19)11(2)20-13-5-3-12(16)4-6-13;/h3-6,10-11,14,17H,7-9H2,1-2H3,(H,18,19);1H. The average Bonchev–Trinajstić information content (AvgIpc) is 2.44. The minimum atomic E-state index is -0.0784. The Morgan fingerprint density at radius 3 is 2.71 bits per heavy atom. The second-order valence-corrected chi connectivity index (χ2v) is 7.63. The third-order valence-electron chi connectivity index (χ3n) is 3.65. The fourth-order valence-electron chi connectivity index (χ4n) is 2.25. The van der Waals surface area contributed by atoms with E-state index in [2.05, 4.69) is 33.5 Å². The Morgan fingerprint density at radius 2 is 2.10 bits per heavy atom. The topological polar surface area (TPSA) is 41.1 Å². The van der Waals surface area contributed by atoms with E-state index in [9.17, 15) is 4.79 Å². The van der Waals surface area contributed by atoms with Gasteiger partial charge in [0, 0.05) is 22.0 Å². The number of piperidine rings is 1. The van der Waals surface area contributed by atoms with Crippen LogP contribution in [0.1, 0.15) is 20.3 Å². The minimum Gasteiger partial charge on any atom is -0.351 e. The maximum atomic E-state index is 12.3. The van der Waals surface area contributed by atoms with Gasteiger partial charge in [-0.15, -0.1) is 24.2 Å². The molecular weight excluding hydrogens is 372 g/mol. The van der Waals surface area contributed by atoms with Crippen molar-refractivity contribution in [2.24, 2.45) is 5.92 Å². The van der Waals surface area contributed by atoms with Gasteiger partial charge in [-0.1, -0.05) is 22.9 Å². The summed E-state index contributed by atoms with van der Waals surface area (Å²) in [5.41, 5.74) is 0. The van der Waals surface area contributed by atoms with E-state index in [-0.39, 0.29) is 29.6 Å². The van der Waals surface area contributed by atoms with E-state index >= 15 is 0 Å². The van der Waals surface area contributed by atoms with Crippen LogP contribution < -0.4 is 10.6 Å². The van der Waals surface area contributed by atoms with Crippen LogP contribution in [0.15, 0.2) is 33.6 Å². The lowest BCUT2D eigenvalue weighted by atomic mass is 9.95. The van der Waals surface area contributed by atoms with Gasteiger partial charge in [-0.3, -0.25) is 4.79 Å². The number of thioether (sulfide) groups is 1. The summed E-state index contributed by atoms with van der Waals surface area (Å²) in [6, 6.07) is 8.32. The maximum Gasteiger partial charge on any atom is 0.233 e. The van der Waals surface area contributed by atoms with Crippen molar-refractivity contribution >= 4 is 46.0 Å². The first-order valence-corrected chi connectivity index (χ1v) is 8.67. The molecule has 2 N–H and O–H groups in total. The van der Waals surface area contributed by atoms with Crippen molar-refractivity contribution in [2.45, 2.75) is 36.5 Å². The van der Waals surface area contributed by atoms with Crippen molar-refractivity contribution in [1.82, 2.24) is 10.6 Å². The molecule has 1 aromatic carbocycles. The van der Waals surface area contributed by atoms with Gasteiger partial charge >= 0.3 is 0 Å². The van der Waals surface area contributed by atoms with E-state index in [1.165, 1.54) is 0 Å². The first-order chi connectivity index (χ1) is 9.56.